The second-order valence-electron chi connectivity index (χ2n) is 4.35. The van der Waals surface area contributed by atoms with Crippen LogP contribution in [0, 0.1) is 5.82 Å². The van der Waals surface area contributed by atoms with Crippen molar-refractivity contribution in [1.29, 1.82) is 0 Å². The molecule has 0 spiro atoms. The maximum atomic E-state index is 12.8. The van der Waals surface area contributed by atoms with E-state index < -0.39 is 36.6 Å². The molecule has 20 heavy (non-hydrogen) atoms. The maximum Gasteiger partial charge on any atom is 0.415 e. The highest BCUT2D eigenvalue weighted by molar-refractivity contribution is 5.81. The Labute approximate surface area is 112 Å². The summed E-state index contributed by atoms with van der Waals surface area (Å²) in [5, 5.41) is 9.00. The van der Waals surface area contributed by atoms with E-state index in [0.29, 0.717) is 0 Å². The molecule has 2 unspecified atom stereocenters. The molecule has 0 heterocycles. The van der Waals surface area contributed by atoms with Gasteiger partial charge in [-0.25, -0.2) is 4.39 Å². The van der Waals surface area contributed by atoms with Crippen molar-refractivity contribution in [1.82, 2.24) is 4.90 Å². The van der Waals surface area contributed by atoms with Crippen LogP contribution in [0.4, 0.5) is 17.6 Å². The van der Waals surface area contributed by atoms with Gasteiger partial charge in [0.05, 0.1) is 0 Å². The zero-order valence-electron chi connectivity index (χ0n) is 10.6. The summed E-state index contributed by atoms with van der Waals surface area (Å²) in [5.41, 5.74) is 5.40. The molecule has 0 aliphatic carbocycles. The Morgan fingerprint density at radius 2 is 1.85 bits per heavy atom. The van der Waals surface area contributed by atoms with Gasteiger partial charge in [0, 0.05) is 6.54 Å². The Bertz CT molecular complexity index is 462. The maximum absolute atomic E-state index is 12.8. The molecule has 8 heteroatoms. The van der Waals surface area contributed by atoms with E-state index in [1.165, 1.54) is 19.2 Å². The number of aliphatic hydroxyl groups is 1. The van der Waals surface area contributed by atoms with Gasteiger partial charge in [-0.05, 0) is 24.7 Å². The molecule has 0 saturated carbocycles. The summed E-state index contributed by atoms with van der Waals surface area (Å²) in [4.78, 5) is 12.3. The summed E-state index contributed by atoms with van der Waals surface area (Å²) in [6.45, 7) is -0.825. The van der Waals surface area contributed by atoms with Gasteiger partial charge in [0.15, 0.2) is 6.10 Å². The molecule has 0 bridgehead atoms. The van der Waals surface area contributed by atoms with Gasteiger partial charge in [-0.3, -0.25) is 9.69 Å². The van der Waals surface area contributed by atoms with Crippen LogP contribution >= 0.6 is 0 Å². The van der Waals surface area contributed by atoms with Crippen LogP contribution in [0.25, 0.3) is 0 Å². The van der Waals surface area contributed by atoms with Crippen molar-refractivity contribution in [2.75, 3.05) is 13.6 Å². The van der Waals surface area contributed by atoms with Crippen LogP contribution < -0.4 is 5.73 Å². The molecule has 112 valence electrons. The molecular formula is C12H14F4N2O2. The highest BCUT2D eigenvalue weighted by atomic mass is 19.4. The zero-order valence-corrected chi connectivity index (χ0v) is 10.6. The molecule has 4 nitrogen and oxygen atoms in total. The molecule has 0 aromatic heterocycles. The predicted octanol–water partition coefficient (Wildman–Crippen LogP) is 1.21. The number of benzene rings is 1. The SMILES string of the molecule is CN(CC(O)C(F)(F)F)C(C(N)=O)c1ccc(F)cc1. The minimum Gasteiger partial charge on any atom is -0.382 e. The standard InChI is InChI=1S/C12H14F4N2O2/c1-18(6-9(19)12(14,15)16)10(11(17)20)7-2-4-8(13)5-3-7/h2-5,9-10,19H,6H2,1H3,(H2,17,20). The van der Waals surface area contributed by atoms with E-state index in [2.05, 4.69) is 0 Å². The number of hydrogen-bond donors (Lipinski definition) is 2. The Kier molecular flexibility index (Phi) is 5.07. The van der Waals surface area contributed by atoms with E-state index in [0.717, 1.165) is 17.0 Å². The topological polar surface area (TPSA) is 66.6 Å². The van der Waals surface area contributed by atoms with Crippen molar-refractivity contribution >= 4 is 5.91 Å². The highest BCUT2D eigenvalue weighted by Crippen LogP contribution is 2.24. The molecule has 1 aromatic rings. The van der Waals surface area contributed by atoms with E-state index in [1.807, 2.05) is 0 Å². The normalized spacial score (nSPS) is 15.2. The number of hydrogen-bond acceptors (Lipinski definition) is 3. The number of carbonyl (C=O) groups excluding carboxylic acids is 1. The molecule has 0 fully saturated rings. The second-order valence-corrected chi connectivity index (χ2v) is 4.35. The van der Waals surface area contributed by atoms with Crippen molar-refractivity contribution in [3.8, 4) is 0 Å². The Morgan fingerprint density at radius 1 is 1.35 bits per heavy atom. The quantitative estimate of drug-likeness (QED) is 0.802. The average Bonchev–Trinajstić information content (AvgIpc) is 2.30. The fourth-order valence-corrected chi connectivity index (χ4v) is 1.76. The van der Waals surface area contributed by atoms with E-state index in [1.54, 1.807) is 0 Å². The van der Waals surface area contributed by atoms with Crippen molar-refractivity contribution in [3.63, 3.8) is 0 Å². The smallest absolute Gasteiger partial charge is 0.382 e. The average molecular weight is 294 g/mol. The van der Waals surface area contributed by atoms with Crippen molar-refractivity contribution in [2.24, 2.45) is 5.73 Å². The first-order valence-corrected chi connectivity index (χ1v) is 5.62. The minimum atomic E-state index is -4.79. The monoisotopic (exact) mass is 294 g/mol. The van der Waals surface area contributed by atoms with Crippen LogP contribution in [0.1, 0.15) is 11.6 Å². The van der Waals surface area contributed by atoms with Crippen molar-refractivity contribution in [2.45, 2.75) is 18.3 Å². The van der Waals surface area contributed by atoms with Crippen LogP contribution in [-0.4, -0.2) is 41.8 Å². The second kappa shape index (κ2) is 6.19. The molecule has 3 N–H and O–H groups in total. The van der Waals surface area contributed by atoms with E-state index in [9.17, 15) is 22.4 Å². The molecule has 0 saturated heterocycles. The summed E-state index contributed by atoms with van der Waals surface area (Å²) in [7, 11) is 1.22. The molecule has 0 radical (unpaired) electrons. The third kappa shape index (κ3) is 4.17. The number of nitrogens with two attached hydrogens (primary N) is 1. The fraction of sp³-hybridized carbons (Fsp3) is 0.417. The van der Waals surface area contributed by atoms with Crippen LogP contribution in [-0.2, 0) is 4.79 Å². The van der Waals surface area contributed by atoms with Gasteiger partial charge in [0.2, 0.25) is 5.91 Å². The third-order valence-corrected chi connectivity index (χ3v) is 2.73. The fourth-order valence-electron chi connectivity index (χ4n) is 1.76. The van der Waals surface area contributed by atoms with E-state index in [-0.39, 0.29) is 5.56 Å². The zero-order chi connectivity index (χ0) is 15.5. The van der Waals surface area contributed by atoms with Crippen LogP contribution in [0.15, 0.2) is 24.3 Å². The first-order valence-electron chi connectivity index (χ1n) is 5.62. The number of aliphatic hydroxyl groups excluding tert-OH is 1. The number of primary amides is 1. The first kappa shape index (κ1) is 16.4. The summed E-state index contributed by atoms with van der Waals surface area (Å²) in [6.07, 6.45) is -7.39. The van der Waals surface area contributed by atoms with Crippen molar-refractivity contribution < 1.29 is 27.5 Å². The highest BCUT2D eigenvalue weighted by Gasteiger charge is 2.40. The number of amides is 1. The van der Waals surface area contributed by atoms with Gasteiger partial charge in [-0.15, -0.1) is 0 Å². The van der Waals surface area contributed by atoms with E-state index in [4.69, 9.17) is 10.8 Å². The number of halogens is 4. The Morgan fingerprint density at radius 3 is 2.25 bits per heavy atom. The Hall–Kier alpha value is -1.67. The van der Waals surface area contributed by atoms with Gasteiger partial charge in [-0.2, -0.15) is 13.2 Å². The molecule has 2 atom stereocenters. The predicted molar refractivity (Wildman–Crippen MR) is 63.0 cm³/mol. The molecule has 0 aliphatic heterocycles. The number of likely N-dealkylation sites (N-methyl/N-ethyl adjacent to an activating group) is 1. The van der Waals surface area contributed by atoms with Gasteiger partial charge in [0.1, 0.15) is 11.9 Å². The lowest BCUT2D eigenvalue weighted by Crippen LogP contribution is -2.44. The summed E-state index contributed by atoms with van der Waals surface area (Å²) < 4.78 is 49.7. The van der Waals surface area contributed by atoms with Crippen LogP contribution in [0.2, 0.25) is 0 Å². The van der Waals surface area contributed by atoms with Gasteiger partial charge in [0.25, 0.3) is 0 Å². The Balaban J connectivity index is 2.91. The van der Waals surface area contributed by atoms with Gasteiger partial charge >= 0.3 is 6.18 Å². The van der Waals surface area contributed by atoms with Crippen molar-refractivity contribution in [3.05, 3.63) is 35.6 Å². The van der Waals surface area contributed by atoms with Gasteiger partial charge in [-0.1, -0.05) is 12.1 Å². The largest absolute Gasteiger partial charge is 0.415 e. The summed E-state index contributed by atoms with van der Waals surface area (Å²) in [5.74, 6) is -1.44. The van der Waals surface area contributed by atoms with Crippen LogP contribution in [0.5, 0.6) is 0 Å². The molecule has 1 aromatic carbocycles. The molecule has 0 aliphatic rings. The number of carbonyl (C=O) groups is 1. The first-order chi connectivity index (χ1) is 9.12. The lowest BCUT2D eigenvalue weighted by molar-refractivity contribution is -0.208. The van der Waals surface area contributed by atoms with E-state index >= 15 is 0 Å². The number of alkyl halides is 3. The molecule has 1 rings (SSSR count). The lowest BCUT2D eigenvalue weighted by Gasteiger charge is -2.28. The van der Waals surface area contributed by atoms with Crippen LogP contribution in [0.3, 0.4) is 0 Å². The summed E-state index contributed by atoms with van der Waals surface area (Å²) in [6, 6.07) is 3.45. The number of nitrogens with zero attached hydrogens (tertiary/aromatic N) is 1. The molecular weight excluding hydrogens is 280 g/mol. The summed E-state index contributed by atoms with van der Waals surface area (Å²) >= 11 is 0. The minimum absolute atomic E-state index is 0.246. The third-order valence-electron chi connectivity index (χ3n) is 2.73. The van der Waals surface area contributed by atoms with Gasteiger partial charge < -0.3 is 10.8 Å². The molecule has 1 amide bonds. The lowest BCUT2D eigenvalue weighted by atomic mass is 10.0. The number of rotatable bonds is 5.